The number of nitrogens with two attached hydrogens (primary N) is 2. The molecule has 0 amide bonds. The number of likely N-dealkylation sites (tertiary alicyclic amines) is 2. The topological polar surface area (TPSA) is 328 Å². The second-order valence-corrected chi connectivity index (χ2v) is 20.4. The molecule has 356 valence electrons. The number of carboxylic acid groups (broad SMARTS) is 2. The van der Waals surface area contributed by atoms with Crippen molar-refractivity contribution < 1.29 is 32.4 Å². The number of piperidine rings is 2. The molecule has 6 heterocycles. The molecule has 16 atom stereocenters. The highest BCUT2D eigenvalue weighted by molar-refractivity contribution is 8.00. The number of hydrogen-bond donors (Lipinski definition) is 22. The van der Waals surface area contributed by atoms with Gasteiger partial charge in [-0.05, 0) is 51.4 Å². The minimum Gasteiger partial charge on any atom is -0.481 e. The average molecular weight is 962 g/mol. The molecule has 7 fully saturated rings. The molecule has 7 aliphatic rings. The summed E-state index contributed by atoms with van der Waals surface area (Å²) >= 11 is 16.5. The van der Waals surface area contributed by atoms with E-state index in [1.165, 1.54) is 0 Å². The lowest BCUT2D eigenvalue weighted by atomic mass is 9.91. The van der Waals surface area contributed by atoms with Crippen molar-refractivity contribution in [1.82, 2.24) is 85.1 Å². The monoisotopic (exact) mass is 960 g/mol. The average Bonchev–Trinajstić information content (AvgIpc) is 3.29. The maximum absolute atomic E-state index is 11.6. The van der Waals surface area contributed by atoms with Gasteiger partial charge in [0.15, 0.2) is 0 Å². The summed E-state index contributed by atoms with van der Waals surface area (Å²) in [6.45, 7) is 4.20. The van der Waals surface area contributed by atoms with Crippen LogP contribution in [0, 0.1) is 11.8 Å². The van der Waals surface area contributed by atoms with Gasteiger partial charge in [-0.3, -0.25) is 73.4 Å². The second kappa shape index (κ2) is 24.4. The summed E-state index contributed by atoms with van der Waals surface area (Å²) in [5, 5.41) is 74.3. The first kappa shape index (κ1) is 46.5. The lowest BCUT2D eigenvalue weighted by Gasteiger charge is -2.42. The molecule has 0 radical (unpaired) electrons. The Morgan fingerprint density at radius 3 is 1.42 bits per heavy atom. The zero-order valence-electron chi connectivity index (χ0n) is 36.8. The largest absolute Gasteiger partial charge is 0.481 e. The third kappa shape index (κ3) is 15.2. The molecule has 0 aromatic carbocycles. The molecule has 0 spiro atoms. The van der Waals surface area contributed by atoms with Gasteiger partial charge in [0.1, 0.15) is 74.6 Å². The molecule has 0 aromatic heterocycles. The Morgan fingerprint density at radius 2 is 1.02 bits per heavy atom. The number of alkyl halides is 2. The first-order valence-corrected chi connectivity index (χ1v) is 25.1. The Balaban J connectivity index is 0.761. The van der Waals surface area contributed by atoms with Gasteiger partial charge in [0.25, 0.3) is 0 Å². The second-order valence-electron chi connectivity index (χ2n) is 17.1. The third-order valence-corrected chi connectivity index (χ3v) is 15.1. The van der Waals surface area contributed by atoms with E-state index in [0.717, 1.165) is 72.9 Å². The van der Waals surface area contributed by atoms with Gasteiger partial charge in [0, 0.05) is 36.7 Å². The van der Waals surface area contributed by atoms with E-state index in [1.807, 2.05) is 0 Å². The first-order valence-electron chi connectivity index (χ1n) is 23.1. The van der Waals surface area contributed by atoms with Gasteiger partial charge in [-0.1, -0.05) is 23.2 Å². The fraction of sp³-hybridized carbons (Fsp3) is 0.941. The van der Waals surface area contributed by atoms with Crippen molar-refractivity contribution in [1.29, 1.82) is 0 Å². The van der Waals surface area contributed by atoms with Gasteiger partial charge >= 0.3 is 11.9 Å². The molecule has 24 nitrogen and oxygen atoms in total. The summed E-state index contributed by atoms with van der Waals surface area (Å²) in [6, 6.07) is 0.599. The van der Waals surface area contributed by atoms with Crippen LogP contribution in [0.15, 0.2) is 0 Å². The normalized spacial score (nSPS) is 43.9. The zero-order chi connectivity index (χ0) is 45.0. The van der Waals surface area contributed by atoms with Gasteiger partial charge in [0.05, 0.1) is 26.2 Å². The van der Waals surface area contributed by atoms with Gasteiger partial charge in [-0.25, -0.2) is 21.3 Å². The summed E-state index contributed by atoms with van der Waals surface area (Å²) in [5.74, 6) is -0.664. The lowest BCUT2D eigenvalue weighted by molar-refractivity contribution is -0.940. The molecule has 24 N–H and O–H groups in total. The number of quaternary nitrogens is 2. The van der Waals surface area contributed by atoms with Crippen LogP contribution in [-0.2, 0) is 9.59 Å². The van der Waals surface area contributed by atoms with Crippen LogP contribution in [0.5, 0.6) is 0 Å². The summed E-state index contributed by atoms with van der Waals surface area (Å²) in [7, 11) is 0. The van der Waals surface area contributed by atoms with E-state index < -0.39 is 35.8 Å². The van der Waals surface area contributed by atoms with Crippen LogP contribution >= 0.6 is 46.7 Å². The molecule has 6 aliphatic heterocycles. The molecule has 1 aliphatic carbocycles. The maximum atomic E-state index is 11.6. The van der Waals surface area contributed by atoms with E-state index in [1.54, 1.807) is 23.5 Å². The van der Waals surface area contributed by atoms with Crippen LogP contribution in [0.2, 0.25) is 2.82 Å². The van der Waals surface area contributed by atoms with Crippen molar-refractivity contribution in [3.05, 3.63) is 0 Å². The molecule has 16 unspecified atom stereocenters. The number of hydrogen-bond acceptors (Lipinski definition) is 22. The number of rotatable bonds is 20. The summed E-state index contributed by atoms with van der Waals surface area (Å²) in [4.78, 5) is 25.6. The Hall–Kier alpha value is -0.580. The SMILES string of the molecule is [2H]NC1NC(SCCNC2NC(Cl)NC(NC3CCC(NC4NC(Cl)NC(NCCSC5NC(N[2H])NC([NH+]6CCCC(C(=O)O)C6)N5)N4)CC3)N2)NC([NH+]2CCCC(C(=O)O)C2)N1. The van der Waals surface area contributed by atoms with Gasteiger partial charge < -0.3 is 31.5 Å². The fourth-order valence-electron chi connectivity index (χ4n) is 9.32. The van der Waals surface area contributed by atoms with E-state index >= 15 is 0 Å². The molecule has 0 bridgehead atoms. The molecule has 7 rings (SSSR count). The summed E-state index contributed by atoms with van der Waals surface area (Å²) in [6.07, 6.45) is 5.01. The van der Waals surface area contributed by atoms with Crippen molar-refractivity contribution in [2.24, 2.45) is 23.3 Å². The molecule has 1 saturated carbocycles. The smallest absolute Gasteiger partial charge is 0.312 e. The molecule has 28 heteroatoms. The predicted octanol–water partition coefficient (Wildman–Crippen LogP) is -8.19. The number of carbonyl (C=O) groups is 2. The van der Waals surface area contributed by atoms with Crippen molar-refractivity contribution >= 4 is 58.7 Å². The zero-order valence-corrected chi connectivity index (χ0v) is 38.0. The van der Waals surface area contributed by atoms with E-state index in [4.69, 9.17) is 26.0 Å². The van der Waals surface area contributed by atoms with E-state index in [2.05, 4.69) is 96.5 Å². The van der Waals surface area contributed by atoms with Crippen LogP contribution in [0.25, 0.3) is 0 Å². The highest BCUT2D eigenvalue weighted by atomic mass is 35.5. The molecular formula is C34H72Cl2N20O4S2+2. The van der Waals surface area contributed by atoms with Gasteiger partial charge in [0.2, 0.25) is 12.6 Å². The molecule has 0 aromatic rings. The van der Waals surface area contributed by atoms with Crippen LogP contribution in [0.1, 0.15) is 51.4 Å². The number of carboxylic acids is 2. The fourth-order valence-corrected chi connectivity index (χ4v) is 11.7. The number of nitrogens with one attached hydrogen (secondary N) is 18. The van der Waals surface area contributed by atoms with E-state index in [0.29, 0.717) is 51.1 Å². The van der Waals surface area contributed by atoms with E-state index in [-0.39, 0.29) is 60.6 Å². The Kier molecular flexibility index (Phi) is 18.3. The minimum absolute atomic E-state index is 0.130. The molecule has 62 heavy (non-hydrogen) atoms. The molecular weight excluding hydrogens is 888 g/mol. The maximum Gasteiger partial charge on any atom is 0.312 e. The van der Waals surface area contributed by atoms with Crippen molar-refractivity contribution in [3.63, 3.8) is 0 Å². The first-order chi connectivity index (χ1) is 31.0. The Labute approximate surface area is 384 Å². The van der Waals surface area contributed by atoms with E-state index in [9.17, 15) is 19.8 Å². The Bertz CT molecular complexity index is 1350. The lowest BCUT2D eigenvalue weighted by Crippen LogP contribution is -3.22. The number of halogens is 2. The standard InChI is InChI=1S/C34H70Cl2N20O4S2/c35-23-43-27(39-9-13-61-33-49-25(37)47-31(53-33)55-11-1-3-17(15-55)21(57)58)51-29(45-23)41-19-5-7-20(8-6-19)42-30-46-24(36)44-28(52-30)40-10-14-62-34-50-26(38)48-32(54-34)56-12-2-4-18(16-56)22(59)60/h17-20,23-34,39-54H,1-16,37-38H2,(H,57,58)(H,59,60)/p+2/i/hD2. The highest BCUT2D eigenvalue weighted by Gasteiger charge is 2.39. The summed E-state index contributed by atoms with van der Waals surface area (Å²) < 4.78 is 15.5. The van der Waals surface area contributed by atoms with Crippen LogP contribution in [-0.4, -0.2) is 158 Å². The summed E-state index contributed by atoms with van der Waals surface area (Å²) in [5.41, 5.74) is 3.90. The Morgan fingerprint density at radius 1 is 0.597 bits per heavy atom. The van der Waals surface area contributed by atoms with Crippen molar-refractivity contribution in [2.75, 3.05) is 50.8 Å². The number of aliphatic carboxylic acids is 2. The quantitative estimate of drug-likeness (QED) is 0.0306. The highest BCUT2D eigenvalue weighted by Crippen LogP contribution is 2.20. The van der Waals surface area contributed by atoms with Crippen molar-refractivity contribution in [2.45, 2.75) is 136 Å². The minimum atomic E-state index is -0.746. The number of thioether (sulfide) groups is 2. The van der Waals surface area contributed by atoms with Crippen LogP contribution in [0.3, 0.4) is 0 Å². The predicted molar refractivity (Wildman–Crippen MR) is 239 cm³/mol. The molecule has 6 saturated heterocycles. The van der Waals surface area contributed by atoms with Gasteiger partial charge in [-0.2, -0.15) is 0 Å². The third-order valence-electron chi connectivity index (χ3n) is 12.5. The van der Waals surface area contributed by atoms with Crippen molar-refractivity contribution in [3.8, 4) is 0 Å². The van der Waals surface area contributed by atoms with Crippen LogP contribution < -0.4 is 106 Å². The van der Waals surface area contributed by atoms with Gasteiger partial charge in [-0.15, -0.1) is 23.5 Å². The van der Waals surface area contributed by atoms with Crippen LogP contribution in [0.4, 0.5) is 0 Å².